The number of nitrogens with one attached hydrogen (secondary N) is 1. The van der Waals surface area contributed by atoms with Gasteiger partial charge in [-0.05, 0) is 45.9 Å². The highest BCUT2D eigenvalue weighted by Crippen LogP contribution is 2.35. The molecule has 0 saturated carbocycles. The minimum Gasteiger partial charge on any atom is -0.317 e. The van der Waals surface area contributed by atoms with E-state index in [-0.39, 0.29) is 0 Å². The number of rotatable bonds is 5. The number of aryl methyl sites for hydroxylation is 1. The number of nitrogens with zero attached hydrogens (tertiary/aromatic N) is 3. The lowest BCUT2D eigenvalue weighted by atomic mass is 9.96. The van der Waals surface area contributed by atoms with Gasteiger partial charge in [0.1, 0.15) is 0 Å². The summed E-state index contributed by atoms with van der Waals surface area (Å²) in [6.45, 7) is 8.62. The van der Waals surface area contributed by atoms with Gasteiger partial charge in [0.05, 0.1) is 6.20 Å². The molecule has 1 aromatic heterocycles. The van der Waals surface area contributed by atoms with Gasteiger partial charge in [0.2, 0.25) is 0 Å². The molecular formula is C13H24N4. The van der Waals surface area contributed by atoms with Crippen molar-refractivity contribution in [3.63, 3.8) is 0 Å². The van der Waals surface area contributed by atoms with Crippen LogP contribution in [-0.4, -0.2) is 41.4 Å². The Morgan fingerprint density at radius 2 is 2.29 bits per heavy atom. The fraction of sp³-hybridized carbons (Fsp3) is 0.769. The second-order valence-corrected chi connectivity index (χ2v) is 4.91. The normalized spacial score (nSPS) is 25.6. The smallest absolute Gasteiger partial charge is 0.0537 e. The molecule has 17 heavy (non-hydrogen) atoms. The third-order valence-corrected chi connectivity index (χ3v) is 3.75. The minimum absolute atomic E-state index is 0.536. The quantitative estimate of drug-likeness (QED) is 0.841. The number of likely N-dealkylation sites (tertiary alicyclic amines) is 1. The molecule has 0 radical (unpaired) electrons. The molecule has 1 aliphatic heterocycles. The van der Waals surface area contributed by atoms with Crippen molar-refractivity contribution in [2.24, 2.45) is 5.92 Å². The molecule has 2 heterocycles. The van der Waals surface area contributed by atoms with E-state index in [1.54, 1.807) is 0 Å². The summed E-state index contributed by atoms with van der Waals surface area (Å²) >= 11 is 0. The molecule has 4 heteroatoms. The second-order valence-electron chi connectivity index (χ2n) is 4.91. The lowest BCUT2D eigenvalue weighted by molar-refractivity contribution is 0.272. The van der Waals surface area contributed by atoms with E-state index in [1.165, 1.54) is 18.5 Å². The highest BCUT2D eigenvalue weighted by molar-refractivity contribution is 5.14. The van der Waals surface area contributed by atoms with Crippen LogP contribution >= 0.6 is 0 Å². The van der Waals surface area contributed by atoms with Crippen molar-refractivity contribution >= 4 is 0 Å². The van der Waals surface area contributed by atoms with Crippen molar-refractivity contribution in [1.82, 2.24) is 20.0 Å². The van der Waals surface area contributed by atoms with Crippen LogP contribution < -0.4 is 5.32 Å². The molecule has 1 aromatic rings. The van der Waals surface area contributed by atoms with E-state index in [9.17, 15) is 0 Å². The van der Waals surface area contributed by atoms with E-state index in [2.05, 4.69) is 42.4 Å². The SMILES string of the molecule is CCNCC1CCN(C)C1c1cnn(CC)c1. The lowest BCUT2D eigenvalue weighted by Gasteiger charge is -2.24. The van der Waals surface area contributed by atoms with Crippen molar-refractivity contribution in [1.29, 1.82) is 0 Å². The van der Waals surface area contributed by atoms with Gasteiger partial charge in [0.15, 0.2) is 0 Å². The van der Waals surface area contributed by atoms with Gasteiger partial charge in [-0.15, -0.1) is 0 Å². The fourth-order valence-corrected chi connectivity index (χ4v) is 2.80. The van der Waals surface area contributed by atoms with Crippen molar-refractivity contribution in [2.45, 2.75) is 32.9 Å². The molecule has 0 bridgehead atoms. The van der Waals surface area contributed by atoms with Gasteiger partial charge in [0, 0.05) is 24.3 Å². The maximum Gasteiger partial charge on any atom is 0.0537 e. The molecule has 2 rings (SSSR count). The van der Waals surface area contributed by atoms with Crippen molar-refractivity contribution < 1.29 is 0 Å². The third kappa shape index (κ3) is 2.69. The first-order valence-corrected chi connectivity index (χ1v) is 6.69. The molecule has 96 valence electrons. The summed E-state index contributed by atoms with van der Waals surface area (Å²) in [5.41, 5.74) is 1.37. The third-order valence-electron chi connectivity index (χ3n) is 3.75. The van der Waals surface area contributed by atoms with Gasteiger partial charge >= 0.3 is 0 Å². The predicted octanol–water partition coefficient (Wildman–Crippen LogP) is 1.51. The standard InChI is InChI=1S/C13H24N4/c1-4-14-8-11-6-7-16(3)13(11)12-9-15-17(5-2)10-12/h9-11,13-14H,4-8H2,1-3H3. The summed E-state index contributed by atoms with van der Waals surface area (Å²) in [6, 6.07) is 0.536. The zero-order valence-electron chi connectivity index (χ0n) is 11.2. The highest BCUT2D eigenvalue weighted by atomic mass is 15.3. The van der Waals surface area contributed by atoms with E-state index in [0.717, 1.165) is 25.6 Å². The number of hydrogen-bond donors (Lipinski definition) is 1. The molecule has 1 N–H and O–H groups in total. The van der Waals surface area contributed by atoms with Gasteiger partial charge in [-0.1, -0.05) is 6.92 Å². The van der Waals surface area contributed by atoms with Gasteiger partial charge in [0.25, 0.3) is 0 Å². The Morgan fingerprint density at radius 3 is 2.94 bits per heavy atom. The molecular weight excluding hydrogens is 212 g/mol. The van der Waals surface area contributed by atoms with Crippen molar-refractivity contribution in [2.75, 3.05) is 26.7 Å². The van der Waals surface area contributed by atoms with Crippen LogP contribution in [0.4, 0.5) is 0 Å². The Bertz CT molecular complexity index is 347. The minimum atomic E-state index is 0.536. The zero-order chi connectivity index (χ0) is 12.3. The van der Waals surface area contributed by atoms with Crippen LogP contribution in [0.2, 0.25) is 0 Å². The van der Waals surface area contributed by atoms with Gasteiger partial charge in [-0.2, -0.15) is 5.10 Å². The lowest BCUT2D eigenvalue weighted by Crippen LogP contribution is -2.28. The van der Waals surface area contributed by atoms with Crippen LogP contribution in [0.1, 0.15) is 31.9 Å². The van der Waals surface area contributed by atoms with Crippen molar-refractivity contribution in [3.05, 3.63) is 18.0 Å². The summed E-state index contributed by atoms with van der Waals surface area (Å²) in [4.78, 5) is 2.46. The average Bonchev–Trinajstić information content (AvgIpc) is 2.92. The van der Waals surface area contributed by atoms with E-state index < -0.39 is 0 Å². The van der Waals surface area contributed by atoms with E-state index in [4.69, 9.17) is 0 Å². The summed E-state index contributed by atoms with van der Waals surface area (Å²) in [7, 11) is 2.22. The Hall–Kier alpha value is -0.870. The maximum atomic E-state index is 4.40. The first-order chi connectivity index (χ1) is 8.26. The Kier molecular flexibility index (Phi) is 4.18. The molecule has 2 unspecified atom stereocenters. The van der Waals surface area contributed by atoms with Gasteiger partial charge in [-0.3, -0.25) is 9.58 Å². The maximum absolute atomic E-state index is 4.40. The largest absolute Gasteiger partial charge is 0.317 e. The molecule has 0 aromatic carbocycles. The summed E-state index contributed by atoms with van der Waals surface area (Å²) < 4.78 is 2.02. The number of aromatic nitrogens is 2. The molecule has 0 aliphatic carbocycles. The van der Waals surface area contributed by atoms with Crippen LogP contribution in [0.15, 0.2) is 12.4 Å². The monoisotopic (exact) mass is 236 g/mol. The number of hydrogen-bond acceptors (Lipinski definition) is 3. The molecule has 0 amide bonds. The highest BCUT2D eigenvalue weighted by Gasteiger charge is 2.33. The summed E-state index contributed by atoms with van der Waals surface area (Å²) in [5.74, 6) is 0.717. The van der Waals surface area contributed by atoms with E-state index in [0.29, 0.717) is 6.04 Å². The average molecular weight is 236 g/mol. The molecule has 1 saturated heterocycles. The van der Waals surface area contributed by atoms with Gasteiger partial charge in [-0.25, -0.2) is 0 Å². The zero-order valence-corrected chi connectivity index (χ0v) is 11.2. The first-order valence-electron chi connectivity index (χ1n) is 6.69. The fourth-order valence-electron chi connectivity index (χ4n) is 2.80. The van der Waals surface area contributed by atoms with Crippen LogP contribution in [0.5, 0.6) is 0 Å². The molecule has 4 nitrogen and oxygen atoms in total. The first kappa shape index (κ1) is 12.6. The summed E-state index contributed by atoms with van der Waals surface area (Å²) in [5, 5.41) is 7.88. The van der Waals surface area contributed by atoms with E-state index >= 15 is 0 Å². The Morgan fingerprint density at radius 1 is 1.47 bits per heavy atom. The Labute approximate surface area is 104 Å². The van der Waals surface area contributed by atoms with Crippen LogP contribution in [0, 0.1) is 5.92 Å². The molecule has 2 atom stereocenters. The van der Waals surface area contributed by atoms with Crippen LogP contribution in [0.25, 0.3) is 0 Å². The topological polar surface area (TPSA) is 33.1 Å². The van der Waals surface area contributed by atoms with Crippen LogP contribution in [0.3, 0.4) is 0 Å². The molecule has 0 spiro atoms. The van der Waals surface area contributed by atoms with E-state index in [1.807, 2.05) is 10.9 Å². The second kappa shape index (κ2) is 5.65. The van der Waals surface area contributed by atoms with Crippen molar-refractivity contribution in [3.8, 4) is 0 Å². The summed E-state index contributed by atoms with van der Waals surface area (Å²) in [6.07, 6.45) is 5.52. The Balaban J connectivity index is 2.09. The predicted molar refractivity (Wildman–Crippen MR) is 69.9 cm³/mol. The molecule has 1 aliphatic rings. The van der Waals surface area contributed by atoms with Gasteiger partial charge < -0.3 is 5.32 Å². The molecule has 1 fully saturated rings. The van der Waals surface area contributed by atoms with Crippen LogP contribution in [-0.2, 0) is 6.54 Å².